The van der Waals surface area contributed by atoms with E-state index < -0.39 is 5.56 Å². The molecule has 0 radical (unpaired) electrons. The first-order valence-corrected chi connectivity index (χ1v) is 18.2. The second kappa shape index (κ2) is 19.0. The molecule has 0 spiro atoms. The summed E-state index contributed by atoms with van der Waals surface area (Å²) in [6.07, 6.45) is 13.7. The highest BCUT2D eigenvalue weighted by Crippen LogP contribution is 2.36. The maximum atomic E-state index is 13.7. The Kier molecular flexibility index (Phi) is 14.9. The summed E-state index contributed by atoms with van der Waals surface area (Å²) in [5.41, 5.74) is 1.25. The molecule has 0 aliphatic heterocycles. The minimum atomic E-state index is -0.642. The summed E-state index contributed by atoms with van der Waals surface area (Å²) in [6.45, 7) is 4.06. The molecule has 3 aromatic carbocycles. The minimum absolute atomic E-state index is 0.0943. The van der Waals surface area contributed by atoms with Crippen molar-refractivity contribution in [1.82, 2.24) is 9.78 Å². The van der Waals surface area contributed by atoms with Crippen LogP contribution in [0.25, 0.3) is 5.69 Å². The Bertz CT molecular complexity index is 1800. The number of carbonyl (C=O) groups is 1. The van der Waals surface area contributed by atoms with Crippen molar-refractivity contribution >= 4 is 80.9 Å². The van der Waals surface area contributed by atoms with Crippen LogP contribution < -0.4 is 16.2 Å². The first-order chi connectivity index (χ1) is 23.6. The van der Waals surface area contributed by atoms with Crippen molar-refractivity contribution in [2.45, 2.75) is 90.9 Å². The number of phenols is 1. The van der Waals surface area contributed by atoms with E-state index in [0.29, 0.717) is 27.8 Å². The molecule has 0 atom stereocenters. The third-order valence-electron chi connectivity index (χ3n) is 7.98. The van der Waals surface area contributed by atoms with Crippen LogP contribution in [-0.2, 0) is 4.79 Å². The van der Waals surface area contributed by atoms with Crippen molar-refractivity contribution in [2.75, 3.05) is 10.6 Å². The van der Waals surface area contributed by atoms with Crippen molar-refractivity contribution < 1.29 is 9.90 Å². The summed E-state index contributed by atoms with van der Waals surface area (Å²) >= 11 is 25.5. The molecule has 0 aliphatic rings. The number of hydrogen-bond acceptors (Lipinski definition) is 6. The first kappa shape index (κ1) is 38.3. The number of aromatic hydroxyl groups is 1. The molecule has 0 aliphatic carbocycles. The number of nitrogens with one attached hydrogen (secondary N) is 3. The number of aromatic nitrogens is 2. The highest BCUT2D eigenvalue weighted by atomic mass is 35.5. The quantitative estimate of drug-likeness (QED) is 0.0597. The standard InChI is InChI=1S/C36H42Cl4N6O3/c1-3-4-5-6-7-8-9-10-11-12-13-14-32(48)41-25-16-17-26(38)30(22-25)42-35-33(44-43-29-18-15-23(2)19-31(29)47)36(49)46(45-35)34-27(39)20-24(37)21-28(34)40/h15-22,42,45,47H,3-14H2,1-2H3,(H,41,48). The second-order valence-corrected chi connectivity index (χ2v) is 13.7. The van der Waals surface area contributed by atoms with Gasteiger partial charge < -0.3 is 15.7 Å². The third kappa shape index (κ3) is 11.3. The zero-order valence-corrected chi connectivity index (χ0v) is 30.7. The van der Waals surface area contributed by atoms with Crippen molar-refractivity contribution in [1.29, 1.82) is 0 Å². The maximum Gasteiger partial charge on any atom is 0.301 e. The van der Waals surface area contributed by atoms with E-state index in [1.165, 1.54) is 69.6 Å². The van der Waals surface area contributed by atoms with Crippen molar-refractivity contribution in [3.63, 3.8) is 0 Å². The van der Waals surface area contributed by atoms with Gasteiger partial charge in [0.25, 0.3) is 0 Å². The Hall–Kier alpha value is -3.50. The van der Waals surface area contributed by atoms with Crippen LogP contribution in [0.2, 0.25) is 20.1 Å². The van der Waals surface area contributed by atoms with E-state index in [2.05, 4.69) is 32.9 Å². The average Bonchev–Trinajstić information content (AvgIpc) is 3.34. The number of rotatable bonds is 18. The highest BCUT2D eigenvalue weighted by Gasteiger charge is 2.21. The fraction of sp³-hybridized carbons (Fsp3) is 0.389. The van der Waals surface area contributed by atoms with Crippen molar-refractivity contribution in [3.8, 4) is 11.4 Å². The number of phenolic OH excluding ortho intramolecular Hbond substituents is 1. The van der Waals surface area contributed by atoms with Gasteiger partial charge in [-0.1, -0.05) is 124 Å². The summed E-state index contributed by atoms with van der Waals surface area (Å²) in [5.74, 6) is -0.0884. The number of halogens is 4. The second-order valence-electron chi connectivity index (χ2n) is 12.0. The highest BCUT2D eigenvalue weighted by molar-refractivity contribution is 6.40. The number of amides is 1. The lowest BCUT2D eigenvalue weighted by molar-refractivity contribution is -0.116. The molecule has 4 rings (SSSR count). The molecule has 13 heteroatoms. The van der Waals surface area contributed by atoms with Gasteiger partial charge in [-0.05, 0) is 61.4 Å². The van der Waals surface area contributed by atoms with Gasteiger partial charge in [0.1, 0.15) is 17.1 Å². The molecule has 9 nitrogen and oxygen atoms in total. The first-order valence-electron chi connectivity index (χ1n) is 16.6. The van der Waals surface area contributed by atoms with E-state index in [9.17, 15) is 14.7 Å². The normalized spacial score (nSPS) is 11.4. The Morgan fingerprint density at radius 3 is 2.08 bits per heavy atom. The van der Waals surface area contributed by atoms with E-state index in [0.717, 1.165) is 29.5 Å². The van der Waals surface area contributed by atoms with Crippen LogP contribution in [0, 0.1) is 6.92 Å². The van der Waals surface area contributed by atoms with E-state index in [1.807, 2.05) is 6.92 Å². The zero-order valence-electron chi connectivity index (χ0n) is 27.7. The molecule has 0 fully saturated rings. The van der Waals surface area contributed by atoms with Gasteiger partial charge in [0.15, 0.2) is 11.5 Å². The van der Waals surface area contributed by atoms with Crippen LogP contribution >= 0.6 is 46.4 Å². The molecular weight excluding hydrogens is 706 g/mol. The van der Waals surface area contributed by atoms with Gasteiger partial charge in [0.05, 0.1) is 20.8 Å². The molecule has 4 N–H and O–H groups in total. The van der Waals surface area contributed by atoms with Crippen molar-refractivity contribution in [2.24, 2.45) is 10.2 Å². The summed E-state index contributed by atoms with van der Waals surface area (Å²) in [5, 5.41) is 28.5. The molecule has 0 saturated heterocycles. The number of H-pyrrole nitrogens is 1. The van der Waals surface area contributed by atoms with Gasteiger partial charge in [-0.25, -0.2) is 4.68 Å². The van der Waals surface area contributed by atoms with Gasteiger partial charge in [0.2, 0.25) is 5.91 Å². The number of azo groups is 1. The average molecular weight is 749 g/mol. The van der Waals surface area contributed by atoms with Gasteiger partial charge in [0, 0.05) is 17.1 Å². The Balaban J connectivity index is 1.47. The molecule has 0 saturated carbocycles. The van der Waals surface area contributed by atoms with E-state index in [4.69, 9.17) is 46.4 Å². The number of aromatic amines is 1. The number of hydrogen-bond donors (Lipinski definition) is 4. The Labute approximate surface area is 307 Å². The topological polar surface area (TPSA) is 124 Å². The molecule has 262 valence electrons. The lowest BCUT2D eigenvalue weighted by Gasteiger charge is -2.11. The molecule has 1 aromatic heterocycles. The number of aryl methyl sites for hydroxylation is 1. The third-order valence-corrected chi connectivity index (χ3v) is 9.10. The van der Waals surface area contributed by atoms with Crippen LogP contribution in [0.4, 0.5) is 28.6 Å². The predicted molar refractivity (Wildman–Crippen MR) is 203 cm³/mol. The molecule has 4 aromatic rings. The van der Waals surface area contributed by atoms with E-state index in [1.54, 1.807) is 30.3 Å². The minimum Gasteiger partial charge on any atom is -0.506 e. The number of anilines is 3. The van der Waals surface area contributed by atoms with Crippen LogP contribution in [0.15, 0.2) is 63.6 Å². The fourth-order valence-electron chi connectivity index (χ4n) is 5.34. The molecule has 1 heterocycles. The molecule has 0 bridgehead atoms. The predicted octanol–water partition coefficient (Wildman–Crippen LogP) is 12.6. The summed E-state index contributed by atoms with van der Waals surface area (Å²) in [7, 11) is 0. The van der Waals surface area contributed by atoms with Crippen LogP contribution in [0.3, 0.4) is 0 Å². The molecular formula is C36H42Cl4N6O3. The van der Waals surface area contributed by atoms with Gasteiger partial charge in [-0.2, -0.15) is 0 Å². The summed E-state index contributed by atoms with van der Waals surface area (Å²) < 4.78 is 1.11. The number of unbranched alkanes of at least 4 members (excludes halogenated alkanes) is 10. The number of nitrogens with zero attached hydrogens (tertiary/aromatic N) is 3. The van der Waals surface area contributed by atoms with Crippen molar-refractivity contribution in [3.05, 3.63) is 84.5 Å². The maximum absolute atomic E-state index is 13.7. The summed E-state index contributed by atoms with van der Waals surface area (Å²) in [4.78, 5) is 26.5. The Morgan fingerprint density at radius 2 is 1.45 bits per heavy atom. The number of carbonyl (C=O) groups excluding carboxylic acids is 1. The lowest BCUT2D eigenvalue weighted by Crippen LogP contribution is -2.15. The van der Waals surface area contributed by atoms with Gasteiger partial charge in [-0.15, -0.1) is 10.2 Å². The fourth-order valence-corrected chi connectivity index (χ4v) is 6.49. The zero-order chi connectivity index (χ0) is 35.3. The SMILES string of the molecule is CCCCCCCCCCCCCC(=O)Nc1ccc(Cl)c(Nc2[nH]n(-c3c(Cl)cc(Cl)cc3Cl)c(=O)c2N=Nc2ccc(C)cc2O)c1. The van der Waals surface area contributed by atoms with E-state index >= 15 is 0 Å². The van der Waals surface area contributed by atoms with Crippen LogP contribution in [0.1, 0.15) is 89.5 Å². The molecule has 0 unspecified atom stereocenters. The van der Waals surface area contributed by atoms with E-state index in [-0.39, 0.29) is 44.6 Å². The van der Waals surface area contributed by atoms with Gasteiger partial charge >= 0.3 is 5.56 Å². The van der Waals surface area contributed by atoms with Crippen LogP contribution in [0.5, 0.6) is 5.75 Å². The largest absolute Gasteiger partial charge is 0.506 e. The molecule has 49 heavy (non-hydrogen) atoms. The lowest BCUT2D eigenvalue weighted by atomic mass is 10.1. The number of benzene rings is 3. The van der Waals surface area contributed by atoms with Gasteiger partial charge in [-0.3, -0.25) is 14.7 Å². The monoisotopic (exact) mass is 746 g/mol. The molecule has 1 amide bonds. The Morgan fingerprint density at radius 1 is 0.816 bits per heavy atom. The van der Waals surface area contributed by atoms with Crippen LogP contribution in [-0.4, -0.2) is 20.8 Å². The smallest absolute Gasteiger partial charge is 0.301 e. The summed E-state index contributed by atoms with van der Waals surface area (Å²) in [6, 6.07) is 12.8.